The average Bonchev–Trinajstić information content (AvgIpc) is 2.65. The molecule has 0 aliphatic heterocycles. The van der Waals surface area contributed by atoms with Gasteiger partial charge in [0, 0.05) is 12.1 Å². The molecule has 1 atom stereocenters. The van der Waals surface area contributed by atoms with Crippen molar-refractivity contribution < 1.29 is 18.7 Å². The SMILES string of the molecule is Cc1ccc(OCC(=O)N(Cc2ccc(F)cc2)[C@H](C)C(=O)NC(C)(C)C)cc1. The van der Waals surface area contributed by atoms with E-state index in [1.54, 1.807) is 31.2 Å². The molecular formula is C23H29FN2O3. The minimum atomic E-state index is -0.714. The van der Waals surface area contributed by atoms with E-state index < -0.39 is 11.6 Å². The molecule has 1 N–H and O–H groups in total. The fraction of sp³-hybridized carbons (Fsp3) is 0.391. The van der Waals surface area contributed by atoms with Crippen molar-refractivity contribution in [3.8, 4) is 5.75 Å². The number of nitrogens with zero attached hydrogens (tertiary/aromatic N) is 1. The van der Waals surface area contributed by atoms with Gasteiger partial charge in [-0.2, -0.15) is 0 Å². The Balaban J connectivity index is 2.15. The summed E-state index contributed by atoms with van der Waals surface area (Å²) in [6.45, 7) is 9.26. The number of hydrogen-bond acceptors (Lipinski definition) is 3. The van der Waals surface area contributed by atoms with Gasteiger partial charge >= 0.3 is 0 Å². The van der Waals surface area contributed by atoms with Crippen LogP contribution in [0.1, 0.15) is 38.8 Å². The number of carbonyl (C=O) groups is 2. The van der Waals surface area contributed by atoms with Crippen LogP contribution in [0.3, 0.4) is 0 Å². The topological polar surface area (TPSA) is 58.6 Å². The Morgan fingerprint density at radius 2 is 1.66 bits per heavy atom. The number of nitrogens with one attached hydrogen (secondary N) is 1. The van der Waals surface area contributed by atoms with Gasteiger partial charge in [-0.25, -0.2) is 4.39 Å². The van der Waals surface area contributed by atoms with Crippen LogP contribution < -0.4 is 10.1 Å². The number of amides is 2. The van der Waals surface area contributed by atoms with Crippen LogP contribution in [0.4, 0.5) is 4.39 Å². The first-order valence-electron chi connectivity index (χ1n) is 9.60. The molecule has 0 saturated carbocycles. The highest BCUT2D eigenvalue weighted by molar-refractivity contribution is 5.88. The molecule has 0 spiro atoms. The van der Waals surface area contributed by atoms with E-state index in [0.717, 1.165) is 11.1 Å². The number of hydrogen-bond donors (Lipinski definition) is 1. The summed E-state index contributed by atoms with van der Waals surface area (Å²) in [5, 5.41) is 2.90. The average molecular weight is 400 g/mol. The van der Waals surface area contributed by atoms with Crippen LogP contribution in [-0.2, 0) is 16.1 Å². The molecule has 5 nitrogen and oxygen atoms in total. The van der Waals surface area contributed by atoms with Crippen molar-refractivity contribution in [3.63, 3.8) is 0 Å². The first-order chi connectivity index (χ1) is 13.5. The Morgan fingerprint density at radius 1 is 1.07 bits per heavy atom. The molecule has 0 aromatic heterocycles. The number of rotatable bonds is 7. The summed E-state index contributed by atoms with van der Waals surface area (Å²) in [7, 11) is 0. The van der Waals surface area contributed by atoms with E-state index in [-0.39, 0.29) is 30.8 Å². The van der Waals surface area contributed by atoms with Gasteiger partial charge in [0.1, 0.15) is 17.6 Å². The molecule has 0 aliphatic carbocycles. The van der Waals surface area contributed by atoms with Crippen molar-refractivity contribution in [1.29, 1.82) is 0 Å². The third kappa shape index (κ3) is 7.22. The third-order valence-corrected chi connectivity index (χ3v) is 4.31. The second-order valence-corrected chi connectivity index (χ2v) is 8.17. The second kappa shape index (κ2) is 9.54. The van der Waals surface area contributed by atoms with E-state index in [9.17, 15) is 14.0 Å². The number of ether oxygens (including phenoxy) is 1. The maximum absolute atomic E-state index is 13.2. The molecule has 0 bridgehead atoms. The summed E-state index contributed by atoms with van der Waals surface area (Å²) in [4.78, 5) is 27.0. The second-order valence-electron chi connectivity index (χ2n) is 8.17. The number of aryl methyl sites for hydroxylation is 1. The maximum atomic E-state index is 13.2. The number of halogens is 1. The van der Waals surface area contributed by atoms with E-state index in [2.05, 4.69) is 5.32 Å². The van der Waals surface area contributed by atoms with Crippen molar-refractivity contribution in [3.05, 3.63) is 65.5 Å². The summed E-state index contributed by atoms with van der Waals surface area (Å²) < 4.78 is 18.8. The lowest BCUT2D eigenvalue weighted by Gasteiger charge is -2.31. The highest BCUT2D eigenvalue weighted by atomic mass is 19.1. The van der Waals surface area contributed by atoms with Gasteiger partial charge in [-0.15, -0.1) is 0 Å². The molecular weight excluding hydrogens is 371 g/mol. The normalized spacial score (nSPS) is 12.2. The predicted molar refractivity (Wildman–Crippen MR) is 111 cm³/mol. The smallest absolute Gasteiger partial charge is 0.261 e. The van der Waals surface area contributed by atoms with Crippen molar-refractivity contribution in [1.82, 2.24) is 10.2 Å². The number of carbonyl (C=O) groups excluding carboxylic acids is 2. The summed E-state index contributed by atoms with van der Waals surface area (Å²) >= 11 is 0. The lowest BCUT2D eigenvalue weighted by Crippen LogP contribution is -2.53. The van der Waals surface area contributed by atoms with Crippen LogP contribution in [-0.4, -0.2) is 34.9 Å². The van der Waals surface area contributed by atoms with Gasteiger partial charge < -0.3 is 15.0 Å². The molecule has 2 aromatic rings. The lowest BCUT2D eigenvalue weighted by molar-refractivity contribution is -0.142. The van der Waals surface area contributed by atoms with E-state index in [1.165, 1.54) is 17.0 Å². The van der Waals surface area contributed by atoms with Gasteiger partial charge in [-0.3, -0.25) is 9.59 Å². The Morgan fingerprint density at radius 3 is 2.21 bits per heavy atom. The summed E-state index contributed by atoms with van der Waals surface area (Å²) in [5.74, 6) is -0.361. The van der Waals surface area contributed by atoms with Gasteiger partial charge in [0.15, 0.2) is 6.61 Å². The molecule has 0 saturated heterocycles. The van der Waals surface area contributed by atoms with Gasteiger partial charge in [-0.1, -0.05) is 29.8 Å². The molecule has 29 heavy (non-hydrogen) atoms. The standard InChI is InChI=1S/C23H29FN2O3/c1-16-6-12-20(13-7-16)29-15-21(27)26(14-18-8-10-19(24)11-9-18)17(2)22(28)25-23(3,4)5/h6-13,17H,14-15H2,1-5H3,(H,25,28)/t17-/m1/s1. The van der Waals surface area contributed by atoms with Crippen LogP contribution in [0.25, 0.3) is 0 Å². The minimum Gasteiger partial charge on any atom is -0.484 e. The monoisotopic (exact) mass is 400 g/mol. The summed E-state index contributed by atoms with van der Waals surface area (Å²) in [6.07, 6.45) is 0. The molecule has 156 valence electrons. The fourth-order valence-electron chi connectivity index (χ4n) is 2.71. The van der Waals surface area contributed by atoms with Crippen LogP contribution in [0.2, 0.25) is 0 Å². The zero-order chi connectivity index (χ0) is 21.6. The Bertz CT molecular complexity index is 827. The largest absolute Gasteiger partial charge is 0.484 e. The van der Waals surface area contributed by atoms with E-state index >= 15 is 0 Å². The minimum absolute atomic E-state index is 0.176. The molecule has 2 rings (SSSR count). The quantitative estimate of drug-likeness (QED) is 0.768. The molecule has 2 aromatic carbocycles. The van der Waals surface area contributed by atoms with E-state index in [4.69, 9.17) is 4.74 Å². The fourth-order valence-corrected chi connectivity index (χ4v) is 2.71. The lowest BCUT2D eigenvalue weighted by atomic mass is 10.1. The van der Waals surface area contributed by atoms with Crippen molar-refractivity contribution in [2.75, 3.05) is 6.61 Å². The summed E-state index contributed by atoms with van der Waals surface area (Å²) in [6, 6.07) is 12.5. The van der Waals surface area contributed by atoms with Crippen molar-refractivity contribution in [2.45, 2.75) is 52.7 Å². The maximum Gasteiger partial charge on any atom is 0.261 e. The Kier molecular flexibility index (Phi) is 7.37. The summed E-state index contributed by atoms with van der Waals surface area (Å²) in [5.41, 5.74) is 1.40. The van der Waals surface area contributed by atoms with E-state index in [0.29, 0.717) is 5.75 Å². The molecule has 0 unspecified atom stereocenters. The molecule has 0 heterocycles. The van der Waals surface area contributed by atoms with Crippen molar-refractivity contribution in [2.24, 2.45) is 0 Å². The third-order valence-electron chi connectivity index (χ3n) is 4.31. The van der Waals surface area contributed by atoms with Gasteiger partial charge in [0.2, 0.25) is 5.91 Å². The molecule has 0 radical (unpaired) electrons. The molecule has 0 aliphatic rings. The zero-order valence-corrected chi connectivity index (χ0v) is 17.7. The highest BCUT2D eigenvalue weighted by Gasteiger charge is 2.28. The van der Waals surface area contributed by atoms with Crippen LogP contribution >= 0.6 is 0 Å². The van der Waals surface area contributed by atoms with Crippen LogP contribution in [0.15, 0.2) is 48.5 Å². The molecule has 6 heteroatoms. The zero-order valence-electron chi connectivity index (χ0n) is 17.7. The molecule has 0 fully saturated rings. The van der Waals surface area contributed by atoms with Crippen molar-refractivity contribution >= 4 is 11.8 Å². The first kappa shape index (κ1) is 22.4. The van der Waals surface area contributed by atoms with Gasteiger partial charge in [0.25, 0.3) is 5.91 Å². The first-order valence-corrected chi connectivity index (χ1v) is 9.60. The molecule has 2 amide bonds. The number of benzene rings is 2. The van der Waals surface area contributed by atoms with Crippen LogP contribution in [0, 0.1) is 12.7 Å². The van der Waals surface area contributed by atoms with E-state index in [1.807, 2.05) is 39.8 Å². The Labute approximate surface area is 171 Å². The predicted octanol–water partition coefficient (Wildman–Crippen LogP) is 3.84. The highest BCUT2D eigenvalue weighted by Crippen LogP contribution is 2.15. The van der Waals surface area contributed by atoms with Crippen LogP contribution in [0.5, 0.6) is 5.75 Å². The van der Waals surface area contributed by atoms with Gasteiger partial charge in [-0.05, 0) is 64.4 Å². The van der Waals surface area contributed by atoms with Gasteiger partial charge in [0.05, 0.1) is 0 Å². The Hall–Kier alpha value is -2.89.